The van der Waals surface area contributed by atoms with Gasteiger partial charge in [-0.15, -0.1) is 0 Å². The summed E-state index contributed by atoms with van der Waals surface area (Å²) in [5, 5.41) is 21.5. The Morgan fingerprint density at radius 1 is 1.17 bits per heavy atom. The third-order valence-electron chi connectivity index (χ3n) is 6.36. The Morgan fingerprint density at radius 3 is 2.67 bits per heavy atom. The minimum Gasteiger partial charge on any atom is -0.489 e. The van der Waals surface area contributed by atoms with E-state index in [0.29, 0.717) is 6.42 Å². The lowest BCUT2D eigenvalue weighted by atomic mass is 9.86. The van der Waals surface area contributed by atoms with Crippen molar-refractivity contribution in [2.45, 2.75) is 69.9 Å². The van der Waals surface area contributed by atoms with E-state index in [1.165, 1.54) is 11.1 Å². The molecule has 0 unspecified atom stereocenters. The van der Waals surface area contributed by atoms with Crippen LogP contribution in [-0.4, -0.2) is 34.1 Å². The van der Waals surface area contributed by atoms with Gasteiger partial charge in [0.25, 0.3) is 0 Å². The number of para-hydroxylation sites is 2. The van der Waals surface area contributed by atoms with E-state index in [4.69, 9.17) is 9.47 Å². The second-order valence-corrected chi connectivity index (χ2v) is 9.00. The molecule has 1 aliphatic carbocycles. The van der Waals surface area contributed by atoms with Crippen LogP contribution in [0.25, 0.3) is 0 Å². The summed E-state index contributed by atoms with van der Waals surface area (Å²) in [7, 11) is 0. The monoisotopic (exact) mass is 408 g/mol. The lowest BCUT2D eigenvalue weighted by Gasteiger charge is -2.30. The highest BCUT2D eigenvalue weighted by atomic mass is 16.5. The molecule has 4 rings (SSSR count). The first-order valence-electron chi connectivity index (χ1n) is 11.0. The van der Waals surface area contributed by atoms with Crippen LogP contribution in [-0.2, 0) is 6.42 Å². The number of hydrogen-bond acceptors (Lipinski definition) is 4. The molecular weight excluding hydrogens is 376 g/mol. The number of aliphatic hydroxyl groups excluding tert-OH is 2. The Labute approximate surface area is 179 Å². The fourth-order valence-corrected chi connectivity index (χ4v) is 4.75. The molecule has 4 nitrogen and oxygen atoms in total. The number of hydrogen-bond donors (Lipinski definition) is 2. The Bertz CT molecular complexity index is 889. The average Bonchev–Trinajstić information content (AvgIpc) is 3.22. The maximum Gasteiger partial charge on any atom is 0.133 e. The van der Waals surface area contributed by atoms with Crippen molar-refractivity contribution in [1.29, 1.82) is 0 Å². The predicted octanol–water partition coefficient (Wildman–Crippen LogP) is 4.64. The van der Waals surface area contributed by atoms with Crippen molar-refractivity contribution in [2.24, 2.45) is 5.92 Å². The first-order valence-corrected chi connectivity index (χ1v) is 11.0. The van der Waals surface area contributed by atoms with E-state index < -0.39 is 17.8 Å². The maximum atomic E-state index is 10.8. The topological polar surface area (TPSA) is 58.9 Å². The van der Waals surface area contributed by atoms with Gasteiger partial charge in [-0.2, -0.15) is 0 Å². The van der Waals surface area contributed by atoms with E-state index in [1.54, 1.807) is 6.08 Å². The third kappa shape index (κ3) is 3.99. The number of rotatable bonds is 7. The number of ether oxygens (including phenoxy) is 2. The fraction of sp³-hybridized carbons (Fsp3) is 0.462. The summed E-state index contributed by atoms with van der Waals surface area (Å²) in [5.74, 6) is 1.76. The molecule has 160 valence electrons. The molecule has 0 saturated heterocycles. The van der Waals surface area contributed by atoms with Crippen LogP contribution >= 0.6 is 0 Å². The summed E-state index contributed by atoms with van der Waals surface area (Å²) < 4.78 is 12.3. The molecule has 2 aromatic rings. The molecule has 0 spiro atoms. The highest BCUT2D eigenvalue weighted by Crippen LogP contribution is 2.52. The Balaban J connectivity index is 1.52. The van der Waals surface area contributed by atoms with E-state index in [2.05, 4.69) is 25.1 Å². The largest absolute Gasteiger partial charge is 0.489 e. The first-order chi connectivity index (χ1) is 14.4. The van der Waals surface area contributed by atoms with E-state index in [-0.39, 0.29) is 17.9 Å². The number of aryl methyl sites for hydroxylation is 1. The molecule has 0 amide bonds. The summed E-state index contributed by atoms with van der Waals surface area (Å²) in [6.45, 7) is 5.91. The van der Waals surface area contributed by atoms with Gasteiger partial charge in [0.15, 0.2) is 0 Å². The van der Waals surface area contributed by atoms with Gasteiger partial charge in [-0.1, -0.05) is 61.9 Å². The van der Waals surface area contributed by atoms with Crippen molar-refractivity contribution >= 4 is 0 Å². The molecule has 5 atom stereocenters. The number of fused-ring (bicyclic) bond motifs is 3. The molecule has 2 N–H and O–H groups in total. The zero-order valence-electron chi connectivity index (χ0n) is 18.0. The minimum absolute atomic E-state index is 0.00613. The van der Waals surface area contributed by atoms with Crippen molar-refractivity contribution in [3.63, 3.8) is 0 Å². The van der Waals surface area contributed by atoms with E-state index >= 15 is 0 Å². The van der Waals surface area contributed by atoms with Crippen LogP contribution in [0.2, 0.25) is 0 Å². The zero-order chi connectivity index (χ0) is 21.3. The van der Waals surface area contributed by atoms with Crippen LogP contribution in [0.3, 0.4) is 0 Å². The molecule has 2 aliphatic rings. The normalized spacial score (nSPS) is 26.3. The predicted molar refractivity (Wildman–Crippen MR) is 118 cm³/mol. The van der Waals surface area contributed by atoms with Crippen molar-refractivity contribution in [3.8, 4) is 11.5 Å². The van der Waals surface area contributed by atoms with E-state index in [9.17, 15) is 10.2 Å². The Morgan fingerprint density at radius 2 is 1.93 bits per heavy atom. The molecule has 0 bridgehead atoms. The molecule has 1 fully saturated rings. The lowest BCUT2D eigenvalue weighted by Crippen LogP contribution is -2.41. The minimum atomic E-state index is -0.808. The SMILES string of the molecule is CCCc1cccc2c1O[C@H]1C[C@@H](O)[C@H](C=C[C@@H](O)C(C)(C)Oc3ccccc3)[C@@H]21. The highest BCUT2D eigenvalue weighted by Gasteiger charge is 2.49. The fourth-order valence-electron chi connectivity index (χ4n) is 4.75. The first kappa shape index (κ1) is 21.0. The second-order valence-electron chi connectivity index (χ2n) is 9.00. The van der Waals surface area contributed by atoms with Gasteiger partial charge < -0.3 is 19.7 Å². The van der Waals surface area contributed by atoms with Crippen LogP contribution in [0.1, 0.15) is 50.7 Å². The molecular formula is C26H32O4. The van der Waals surface area contributed by atoms with Gasteiger partial charge in [0.05, 0.1) is 6.10 Å². The van der Waals surface area contributed by atoms with Crippen molar-refractivity contribution in [1.82, 2.24) is 0 Å². The van der Waals surface area contributed by atoms with Crippen LogP contribution in [0.5, 0.6) is 11.5 Å². The number of aliphatic hydroxyl groups is 2. The Kier molecular flexibility index (Phi) is 5.90. The quantitative estimate of drug-likeness (QED) is 0.656. The smallest absolute Gasteiger partial charge is 0.133 e. The van der Waals surface area contributed by atoms with Crippen LogP contribution < -0.4 is 9.47 Å². The van der Waals surface area contributed by atoms with Gasteiger partial charge in [-0.05, 0) is 38.0 Å². The van der Waals surface area contributed by atoms with Crippen molar-refractivity contribution < 1.29 is 19.7 Å². The summed E-state index contributed by atoms with van der Waals surface area (Å²) in [4.78, 5) is 0. The third-order valence-corrected chi connectivity index (χ3v) is 6.36. The van der Waals surface area contributed by atoms with Gasteiger partial charge in [-0.25, -0.2) is 0 Å². The van der Waals surface area contributed by atoms with Gasteiger partial charge in [-0.3, -0.25) is 0 Å². The molecule has 30 heavy (non-hydrogen) atoms. The van der Waals surface area contributed by atoms with Crippen LogP contribution in [0.15, 0.2) is 60.7 Å². The molecule has 1 heterocycles. The standard InChI is InChI=1S/C26H32O4/c1-4-9-17-10-8-13-20-24-19(21(27)16-22(24)29-25(17)20)14-15-23(28)26(2,3)30-18-11-6-5-7-12-18/h5-8,10-15,19,21-24,27-28H,4,9,16H2,1-3H3/t19-,21+,22-,23+,24-/m0/s1. The van der Waals surface area contributed by atoms with Gasteiger partial charge in [0, 0.05) is 23.8 Å². The van der Waals surface area contributed by atoms with Crippen LogP contribution in [0.4, 0.5) is 0 Å². The molecule has 0 aromatic heterocycles. The van der Waals surface area contributed by atoms with Crippen molar-refractivity contribution in [3.05, 3.63) is 71.8 Å². The molecule has 1 saturated carbocycles. The lowest BCUT2D eigenvalue weighted by molar-refractivity contribution is -0.00221. The van der Waals surface area contributed by atoms with Gasteiger partial charge >= 0.3 is 0 Å². The van der Waals surface area contributed by atoms with E-state index in [0.717, 1.165) is 24.3 Å². The molecule has 0 radical (unpaired) electrons. The van der Waals surface area contributed by atoms with Crippen molar-refractivity contribution in [2.75, 3.05) is 0 Å². The molecule has 4 heteroatoms. The Hall–Kier alpha value is -2.30. The van der Waals surface area contributed by atoms with E-state index in [1.807, 2.05) is 50.3 Å². The second kappa shape index (κ2) is 8.44. The summed E-state index contributed by atoms with van der Waals surface area (Å²) in [5.41, 5.74) is 1.64. The van der Waals surface area contributed by atoms with Gasteiger partial charge in [0.2, 0.25) is 0 Å². The highest BCUT2D eigenvalue weighted by molar-refractivity contribution is 5.49. The summed E-state index contributed by atoms with van der Waals surface area (Å²) in [6, 6.07) is 15.9. The zero-order valence-corrected chi connectivity index (χ0v) is 18.0. The summed E-state index contributed by atoms with van der Waals surface area (Å²) >= 11 is 0. The summed E-state index contributed by atoms with van der Waals surface area (Å²) in [6.07, 6.45) is 5.11. The van der Waals surface area contributed by atoms with Gasteiger partial charge in [0.1, 0.15) is 29.3 Å². The average molecular weight is 409 g/mol. The molecule has 2 aromatic carbocycles. The van der Waals surface area contributed by atoms with Crippen LogP contribution in [0, 0.1) is 5.92 Å². The molecule has 1 aliphatic heterocycles. The maximum absolute atomic E-state index is 10.8. The number of benzene rings is 2.